The van der Waals surface area contributed by atoms with E-state index in [9.17, 15) is 14.4 Å². The summed E-state index contributed by atoms with van der Waals surface area (Å²) in [7, 11) is 0. The lowest BCUT2D eigenvalue weighted by Crippen LogP contribution is -2.52. The van der Waals surface area contributed by atoms with Gasteiger partial charge in [-0.1, -0.05) is 31.4 Å². The van der Waals surface area contributed by atoms with Crippen molar-refractivity contribution >= 4 is 17.7 Å². The Kier molecular flexibility index (Phi) is 5.96. The molecule has 7 heteroatoms. The fraction of sp³-hybridized carbons (Fsp3) is 0.591. The summed E-state index contributed by atoms with van der Waals surface area (Å²) >= 11 is 0. The van der Waals surface area contributed by atoms with Gasteiger partial charge in [-0.25, -0.2) is 0 Å². The molecule has 1 aliphatic carbocycles. The summed E-state index contributed by atoms with van der Waals surface area (Å²) < 4.78 is 0. The van der Waals surface area contributed by atoms with Crippen molar-refractivity contribution in [1.29, 1.82) is 0 Å². The molecule has 0 bridgehead atoms. The number of amides is 3. The van der Waals surface area contributed by atoms with E-state index < -0.39 is 6.04 Å². The molecule has 1 aromatic carbocycles. The molecule has 29 heavy (non-hydrogen) atoms. The molecule has 2 aliphatic heterocycles. The molecular formula is C22H30N4O3. The summed E-state index contributed by atoms with van der Waals surface area (Å²) in [4.78, 5) is 40.9. The third-order valence-corrected chi connectivity index (χ3v) is 6.56. The van der Waals surface area contributed by atoms with Crippen molar-refractivity contribution in [2.45, 2.75) is 70.1 Å². The Morgan fingerprint density at radius 3 is 2.62 bits per heavy atom. The molecule has 3 N–H and O–H groups in total. The van der Waals surface area contributed by atoms with Crippen molar-refractivity contribution in [1.82, 2.24) is 15.1 Å². The van der Waals surface area contributed by atoms with Crippen molar-refractivity contribution in [2.75, 3.05) is 13.1 Å². The van der Waals surface area contributed by atoms with Gasteiger partial charge in [0.1, 0.15) is 6.04 Å². The van der Waals surface area contributed by atoms with E-state index in [4.69, 9.17) is 5.73 Å². The third-order valence-electron chi connectivity index (χ3n) is 6.56. The van der Waals surface area contributed by atoms with Gasteiger partial charge in [-0.3, -0.25) is 24.6 Å². The van der Waals surface area contributed by atoms with Crippen LogP contribution in [0.2, 0.25) is 0 Å². The predicted octanol–water partition coefficient (Wildman–Crippen LogP) is 1.54. The summed E-state index contributed by atoms with van der Waals surface area (Å²) in [5.74, 6) is -0.740. The Labute approximate surface area is 171 Å². The van der Waals surface area contributed by atoms with Crippen LogP contribution in [0.5, 0.6) is 0 Å². The zero-order chi connectivity index (χ0) is 20.4. The average molecular weight is 399 g/mol. The minimum absolute atomic E-state index is 0.112. The molecule has 2 heterocycles. The molecule has 7 nitrogen and oxygen atoms in total. The maximum atomic E-state index is 13.0. The number of nitrogens with zero attached hydrogens (tertiary/aromatic N) is 2. The van der Waals surface area contributed by atoms with E-state index in [0.717, 1.165) is 24.2 Å². The van der Waals surface area contributed by atoms with Crippen molar-refractivity contribution in [3.63, 3.8) is 0 Å². The van der Waals surface area contributed by atoms with E-state index in [2.05, 4.69) is 16.3 Å². The van der Waals surface area contributed by atoms with Gasteiger partial charge in [0.2, 0.25) is 11.8 Å². The van der Waals surface area contributed by atoms with Gasteiger partial charge in [-0.2, -0.15) is 0 Å². The summed E-state index contributed by atoms with van der Waals surface area (Å²) in [6.07, 6.45) is 6.91. The van der Waals surface area contributed by atoms with Crippen molar-refractivity contribution < 1.29 is 14.4 Å². The highest BCUT2D eigenvalue weighted by Gasteiger charge is 2.40. The smallest absolute Gasteiger partial charge is 0.255 e. The first-order chi connectivity index (χ1) is 14.1. The Hall–Kier alpha value is -2.25. The number of hydrogen-bond acceptors (Lipinski definition) is 5. The van der Waals surface area contributed by atoms with Crippen molar-refractivity contribution in [2.24, 2.45) is 5.73 Å². The predicted molar refractivity (Wildman–Crippen MR) is 109 cm³/mol. The molecule has 1 saturated carbocycles. The first-order valence-electron chi connectivity index (χ1n) is 10.8. The minimum Gasteiger partial charge on any atom is -0.329 e. The van der Waals surface area contributed by atoms with E-state index in [1.54, 1.807) is 4.90 Å². The molecule has 3 aliphatic rings. The number of fused-ring (bicyclic) bond motifs is 1. The van der Waals surface area contributed by atoms with Crippen LogP contribution in [-0.2, 0) is 22.7 Å². The quantitative estimate of drug-likeness (QED) is 0.709. The minimum atomic E-state index is -0.570. The van der Waals surface area contributed by atoms with Crippen LogP contribution in [0.4, 0.5) is 0 Å². The van der Waals surface area contributed by atoms with Crippen LogP contribution >= 0.6 is 0 Å². The SMILES string of the molecule is NCCN(Cc1cccc2c1CN(C1CCC(=O)NC1=O)C2=O)C1CCCCC1. The molecule has 0 aromatic heterocycles. The topological polar surface area (TPSA) is 95.7 Å². The van der Waals surface area contributed by atoms with Gasteiger partial charge in [-0.05, 0) is 36.5 Å². The van der Waals surface area contributed by atoms with Crippen molar-refractivity contribution in [3.8, 4) is 0 Å². The number of hydrogen-bond donors (Lipinski definition) is 2. The van der Waals surface area contributed by atoms with E-state index in [1.165, 1.54) is 32.1 Å². The number of piperidine rings is 1. The summed E-state index contributed by atoms with van der Waals surface area (Å²) in [5.41, 5.74) is 8.74. The van der Waals surface area contributed by atoms with Crippen LogP contribution in [0, 0.1) is 0 Å². The van der Waals surface area contributed by atoms with E-state index in [0.29, 0.717) is 31.1 Å². The van der Waals surface area contributed by atoms with Gasteiger partial charge in [-0.15, -0.1) is 0 Å². The monoisotopic (exact) mass is 398 g/mol. The Morgan fingerprint density at radius 1 is 1.10 bits per heavy atom. The standard InChI is InChI=1S/C22H30N4O3/c23-11-12-25(16-6-2-1-3-7-16)13-15-5-4-8-17-18(15)14-26(22(17)29)19-9-10-20(27)24-21(19)28/h4-5,8,16,19H,1-3,6-7,9-14,23H2,(H,24,27,28). The summed E-state index contributed by atoms with van der Waals surface area (Å²) in [6, 6.07) is 5.85. The van der Waals surface area contributed by atoms with Crippen molar-refractivity contribution in [3.05, 3.63) is 34.9 Å². The highest BCUT2D eigenvalue weighted by molar-refractivity contribution is 6.05. The molecule has 156 valence electrons. The van der Waals surface area contributed by atoms with Crippen LogP contribution in [0.15, 0.2) is 18.2 Å². The summed E-state index contributed by atoms with van der Waals surface area (Å²) in [6.45, 7) is 2.67. The van der Waals surface area contributed by atoms with E-state index in [-0.39, 0.29) is 24.1 Å². The first-order valence-corrected chi connectivity index (χ1v) is 10.8. The normalized spacial score (nSPS) is 22.9. The zero-order valence-electron chi connectivity index (χ0n) is 16.9. The maximum absolute atomic E-state index is 13.0. The summed E-state index contributed by atoms with van der Waals surface area (Å²) in [5, 5.41) is 2.37. The lowest BCUT2D eigenvalue weighted by atomic mass is 9.93. The Morgan fingerprint density at radius 2 is 1.90 bits per heavy atom. The number of benzene rings is 1. The highest BCUT2D eigenvalue weighted by Crippen LogP contribution is 2.31. The number of imide groups is 1. The molecular weight excluding hydrogens is 368 g/mol. The van der Waals surface area contributed by atoms with Gasteiger partial charge in [0.05, 0.1) is 0 Å². The lowest BCUT2D eigenvalue weighted by Gasteiger charge is -2.34. The number of carbonyl (C=O) groups is 3. The van der Waals surface area contributed by atoms with Gasteiger partial charge in [0, 0.05) is 44.2 Å². The highest BCUT2D eigenvalue weighted by atomic mass is 16.2. The van der Waals surface area contributed by atoms with Crippen LogP contribution in [0.3, 0.4) is 0 Å². The zero-order valence-corrected chi connectivity index (χ0v) is 16.9. The molecule has 0 spiro atoms. The second-order valence-electron chi connectivity index (χ2n) is 8.39. The molecule has 1 aromatic rings. The number of carbonyl (C=O) groups excluding carboxylic acids is 3. The second-order valence-corrected chi connectivity index (χ2v) is 8.39. The Bertz CT molecular complexity index is 803. The fourth-order valence-corrected chi connectivity index (χ4v) is 5.02. The van der Waals surface area contributed by atoms with Gasteiger partial charge in [0.25, 0.3) is 5.91 Å². The van der Waals surface area contributed by atoms with Crippen LogP contribution in [-0.4, -0.2) is 52.7 Å². The number of nitrogens with two attached hydrogens (primary N) is 1. The lowest BCUT2D eigenvalue weighted by molar-refractivity contribution is -0.136. The van der Waals surface area contributed by atoms with Gasteiger partial charge < -0.3 is 10.6 Å². The van der Waals surface area contributed by atoms with E-state index in [1.807, 2.05) is 12.1 Å². The molecule has 2 fully saturated rings. The number of rotatable bonds is 6. The van der Waals surface area contributed by atoms with E-state index >= 15 is 0 Å². The number of nitrogens with one attached hydrogen (secondary N) is 1. The third kappa shape index (κ3) is 4.07. The van der Waals surface area contributed by atoms with Crippen LogP contribution in [0.25, 0.3) is 0 Å². The maximum Gasteiger partial charge on any atom is 0.255 e. The van der Waals surface area contributed by atoms with Crippen LogP contribution in [0.1, 0.15) is 66.4 Å². The second kappa shape index (κ2) is 8.63. The fourth-order valence-electron chi connectivity index (χ4n) is 5.02. The van der Waals surface area contributed by atoms with Gasteiger partial charge in [0.15, 0.2) is 0 Å². The Balaban J connectivity index is 1.54. The molecule has 1 atom stereocenters. The molecule has 0 radical (unpaired) electrons. The average Bonchev–Trinajstić information content (AvgIpc) is 3.06. The molecule has 3 amide bonds. The van der Waals surface area contributed by atoms with Gasteiger partial charge >= 0.3 is 0 Å². The molecule has 4 rings (SSSR count). The first kappa shape index (κ1) is 20.0. The molecule has 1 saturated heterocycles. The molecule has 1 unspecified atom stereocenters. The van der Waals surface area contributed by atoms with Crippen LogP contribution < -0.4 is 11.1 Å². The largest absolute Gasteiger partial charge is 0.329 e.